The molecule has 0 N–H and O–H groups in total. The van der Waals surface area contributed by atoms with E-state index >= 15 is 0 Å². The van der Waals surface area contributed by atoms with E-state index in [4.69, 9.17) is 9.47 Å². The summed E-state index contributed by atoms with van der Waals surface area (Å²) < 4.78 is 10.6. The summed E-state index contributed by atoms with van der Waals surface area (Å²) in [6, 6.07) is 11.8. The maximum absolute atomic E-state index is 12.0. The highest BCUT2D eigenvalue weighted by Gasteiger charge is 2.16. The van der Waals surface area contributed by atoms with Crippen molar-refractivity contribution < 1.29 is 19.1 Å². The number of fused-ring (bicyclic) bond motifs is 1. The van der Waals surface area contributed by atoms with Crippen molar-refractivity contribution in [3.05, 3.63) is 47.5 Å². The Labute approximate surface area is 155 Å². The zero-order valence-electron chi connectivity index (χ0n) is 16.1. The fourth-order valence-electron chi connectivity index (χ4n) is 2.66. The second-order valence-corrected chi connectivity index (χ2v) is 7.53. The van der Waals surface area contributed by atoms with E-state index in [2.05, 4.69) is 6.92 Å². The van der Waals surface area contributed by atoms with Crippen LogP contribution in [0, 0.1) is 0 Å². The van der Waals surface area contributed by atoms with Crippen LogP contribution in [0.15, 0.2) is 36.4 Å². The number of hydrogen-bond donors (Lipinski definition) is 0. The van der Waals surface area contributed by atoms with Gasteiger partial charge in [-0.2, -0.15) is 0 Å². The molecule has 0 radical (unpaired) electrons. The summed E-state index contributed by atoms with van der Waals surface area (Å²) in [5.41, 5.74) is 1.32. The van der Waals surface area contributed by atoms with E-state index in [1.165, 1.54) is 0 Å². The highest BCUT2D eigenvalue weighted by atomic mass is 16.6. The highest BCUT2D eigenvalue weighted by molar-refractivity contribution is 5.86. The molecule has 0 heterocycles. The van der Waals surface area contributed by atoms with Crippen LogP contribution in [0.3, 0.4) is 0 Å². The van der Waals surface area contributed by atoms with Gasteiger partial charge in [-0.3, -0.25) is 9.59 Å². The first-order valence-corrected chi connectivity index (χ1v) is 9.16. The van der Waals surface area contributed by atoms with Gasteiger partial charge in [-0.1, -0.05) is 49.7 Å². The molecule has 0 spiro atoms. The van der Waals surface area contributed by atoms with Crippen molar-refractivity contribution in [1.29, 1.82) is 0 Å². The molecule has 0 unspecified atom stereocenters. The van der Waals surface area contributed by atoms with Gasteiger partial charge in [0.1, 0.15) is 5.60 Å². The zero-order valence-corrected chi connectivity index (χ0v) is 16.1. The fraction of sp³-hybridized carbons (Fsp3) is 0.455. The Morgan fingerprint density at radius 1 is 0.885 bits per heavy atom. The Balaban J connectivity index is 2.07. The molecule has 2 aromatic carbocycles. The van der Waals surface area contributed by atoms with Crippen LogP contribution in [0.5, 0.6) is 0 Å². The third kappa shape index (κ3) is 6.51. The lowest BCUT2D eigenvalue weighted by molar-refractivity contribution is -0.154. The van der Waals surface area contributed by atoms with Gasteiger partial charge >= 0.3 is 11.9 Å². The molecule has 0 amide bonds. The maximum Gasteiger partial charge on any atom is 0.310 e. The Morgan fingerprint density at radius 2 is 1.46 bits per heavy atom. The van der Waals surface area contributed by atoms with E-state index in [1.807, 2.05) is 57.2 Å². The van der Waals surface area contributed by atoms with Crippen molar-refractivity contribution in [3.8, 4) is 0 Å². The number of hydrogen-bond acceptors (Lipinski definition) is 4. The van der Waals surface area contributed by atoms with Gasteiger partial charge in [0.2, 0.25) is 0 Å². The number of rotatable bonds is 7. The molecular weight excluding hydrogens is 328 g/mol. The van der Waals surface area contributed by atoms with Crippen LogP contribution in [0.2, 0.25) is 0 Å². The molecule has 140 valence electrons. The van der Waals surface area contributed by atoms with Crippen LogP contribution >= 0.6 is 0 Å². The first kappa shape index (κ1) is 20.0. The average molecular weight is 356 g/mol. The summed E-state index contributed by atoms with van der Waals surface area (Å²) in [5.74, 6) is -0.449. The minimum atomic E-state index is -0.487. The molecule has 0 saturated heterocycles. The van der Waals surface area contributed by atoms with Gasteiger partial charge in [-0.05, 0) is 49.1 Å². The molecule has 26 heavy (non-hydrogen) atoms. The van der Waals surface area contributed by atoms with Gasteiger partial charge in [0.15, 0.2) is 0 Å². The molecule has 0 aliphatic heterocycles. The van der Waals surface area contributed by atoms with Gasteiger partial charge in [-0.15, -0.1) is 0 Å². The van der Waals surface area contributed by atoms with Crippen molar-refractivity contribution in [1.82, 2.24) is 0 Å². The fourth-order valence-corrected chi connectivity index (χ4v) is 2.66. The van der Waals surface area contributed by atoms with Crippen molar-refractivity contribution in [2.75, 3.05) is 6.61 Å². The van der Waals surface area contributed by atoms with E-state index in [0.717, 1.165) is 34.7 Å². The van der Waals surface area contributed by atoms with E-state index in [-0.39, 0.29) is 24.8 Å². The third-order valence-electron chi connectivity index (χ3n) is 3.85. The Morgan fingerprint density at radius 3 is 2.00 bits per heavy atom. The summed E-state index contributed by atoms with van der Waals surface area (Å²) in [6.07, 6.45) is 2.38. The van der Waals surface area contributed by atoms with Crippen molar-refractivity contribution in [2.45, 2.75) is 59.0 Å². The van der Waals surface area contributed by atoms with Gasteiger partial charge in [0, 0.05) is 0 Å². The molecule has 0 bridgehead atoms. The Kier molecular flexibility index (Phi) is 6.78. The van der Waals surface area contributed by atoms with E-state index in [1.54, 1.807) is 0 Å². The topological polar surface area (TPSA) is 52.6 Å². The normalized spacial score (nSPS) is 11.4. The molecular formula is C22H28O4. The summed E-state index contributed by atoms with van der Waals surface area (Å²) in [6.45, 7) is 8.11. The first-order chi connectivity index (χ1) is 12.3. The average Bonchev–Trinajstić information content (AvgIpc) is 2.53. The minimum Gasteiger partial charge on any atom is -0.465 e. The van der Waals surface area contributed by atoms with Crippen LogP contribution in [-0.4, -0.2) is 24.1 Å². The molecule has 4 heteroatoms. The van der Waals surface area contributed by atoms with E-state index in [9.17, 15) is 9.59 Å². The monoisotopic (exact) mass is 356 g/mol. The molecule has 2 aromatic rings. The molecule has 4 nitrogen and oxygen atoms in total. The van der Waals surface area contributed by atoms with Crippen LogP contribution in [0.25, 0.3) is 10.8 Å². The first-order valence-electron chi connectivity index (χ1n) is 9.16. The quantitative estimate of drug-likeness (QED) is 0.537. The zero-order chi connectivity index (χ0) is 19.2. The lowest BCUT2D eigenvalue weighted by atomic mass is 10.0. The second kappa shape index (κ2) is 8.84. The lowest BCUT2D eigenvalue weighted by Crippen LogP contribution is -2.24. The number of carbonyl (C=O) groups is 2. The van der Waals surface area contributed by atoms with E-state index < -0.39 is 5.60 Å². The predicted octanol–water partition coefficient (Wildman–Crippen LogP) is 4.61. The van der Waals surface area contributed by atoms with E-state index in [0.29, 0.717) is 6.61 Å². The summed E-state index contributed by atoms with van der Waals surface area (Å²) in [7, 11) is 0. The van der Waals surface area contributed by atoms with Crippen molar-refractivity contribution >= 4 is 22.7 Å². The molecule has 0 atom stereocenters. The van der Waals surface area contributed by atoms with Crippen LogP contribution in [0.1, 0.15) is 51.7 Å². The molecule has 0 fully saturated rings. The van der Waals surface area contributed by atoms with Gasteiger partial charge < -0.3 is 9.47 Å². The van der Waals surface area contributed by atoms with Gasteiger partial charge in [0.25, 0.3) is 0 Å². The highest BCUT2D eigenvalue weighted by Crippen LogP contribution is 2.20. The molecule has 0 aliphatic rings. The summed E-state index contributed by atoms with van der Waals surface area (Å²) in [4.78, 5) is 23.9. The SMILES string of the molecule is CCCCOC(=O)Cc1ccc2ccc(CC(=O)OC(C)(C)C)cc2c1. The largest absolute Gasteiger partial charge is 0.465 e. The number of carbonyl (C=O) groups excluding carboxylic acids is 2. The van der Waals surface area contributed by atoms with Crippen LogP contribution in [0.4, 0.5) is 0 Å². The van der Waals surface area contributed by atoms with Crippen molar-refractivity contribution in [2.24, 2.45) is 0 Å². The third-order valence-corrected chi connectivity index (χ3v) is 3.85. The molecule has 0 aliphatic carbocycles. The number of esters is 2. The number of ether oxygens (including phenoxy) is 2. The molecule has 0 aromatic heterocycles. The van der Waals surface area contributed by atoms with Crippen molar-refractivity contribution in [3.63, 3.8) is 0 Å². The maximum atomic E-state index is 12.0. The lowest BCUT2D eigenvalue weighted by Gasteiger charge is -2.19. The number of unbranched alkanes of at least 4 members (excludes halogenated alkanes) is 1. The number of benzene rings is 2. The molecule has 2 rings (SSSR count). The van der Waals surface area contributed by atoms with Gasteiger partial charge in [-0.25, -0.2) is 0 Å². The smallest absolute Gasteiger partial charge is 0.310 e. The Bertz CT molecular complexity index is 771. The minimum absolute atomic E-state index is 0.206. The predicted molar refractivity (Wildman–Crippen MR) is 103 cm³/mol. The second-order valence-electron chi connectivity index (χ2n) is 7.53. The van der Waals surface area contributed by atoms with Gasteiger partial charge in [0.05, 0.1) is 19.4 Å². The van der Waals surface area contributed by atoms with Crippen LogP contribution in [-0.2, 0) is 31.9 Å². The Hall–Kier alpha value is -2.36. The summed E-state index contributed by atoms with van der Waals surface area (Å²) >= 11 is 0. The van der Waals surface area contributed by atoms with Crippen LogP contribution < -0.4 is 0 Å². The standard InChI is InChI=1S/C22H28O4/c1-5-6-11-25-20(23)14-16-7-9-18-10-8-17(13-19(18)12-16)15-21(24)26-22(2,3)4/h7-10,12-13H,5-6,11,14-15H2,1-4H3. The molecule has 0 saturated carbocycles. The summed E-state index contributed by atoms with van der Waals surface area (Å²) in [5, 5.41) is 2.07.